The van der Waals surface area contributed by atoms with Crippen LogP contribution in [0.15, 0.2) is 45.3 Å². The Hall–Kier alpha value is -1.80. The van der Waals surface area contributed by atoms with Crippen LogP contribution in [-0.2, 0) is 9.47 Å². The monoisotopic (exact) mass is 658 g/mol. The van der Waals surface area contributed by atoms with Crippen molar-refractivity contribution in [3.8, 4) is 11.5 Å². The Bertz CT molecular complexity index is 867. The topological polar surface area (TPSA) is 134 Å². The van der Waals surface area contributed by atoms with Gasteiger partial charge in [0.2, 0.25) is 0 Å². The standard InChI is InChI=1S/C10H12BrNO4.C6H4BrNO3.C4H9BrO/c1-15-5-2-6-16-10-7-8(12(13)14)3-4-9(10)11;7-5-2-1-4(8(10)11)3-6(5)9;1-6-4-2-3-5/h3-4,7H,2,5-6H2,1H3;1-3,9H;2-4H2,1H3. The SMILES string of the molecule is COCCCBr.COCCCOc1cc([N+](=O)[O-])ccc1Br.O=[N+]([O-])c1ccc(Br)c(O)c1. The molecule has 0 aromatic heterocycles. The highest BCUT2D eigenvalue weighted by molar-refractivity contribution is 9.11. The molecule has 0 aliphatic carbocycles. The largest absolute Gasteiger partial charge is 0.507 e. The summed E-state index contributed by atoms with van der Waals surface area (Å²) in [6.45, 7) is 1.94. The summed E-state index contributed by atoms with van der Waals surface area (Å²) in [5.74, 6) is 0.351. The summed E-state index contributed by atoms with van der Waals surface area (Å²) in [6.07, 6.45) is 1.85. The fraction of sp³-hybridized carbons (Fsp3) is 0.400. The molecule has 13 heteroatoms. The molecule has 0 atom stereocenters. The van der Waals surface area contributed by atoms with E-state index in [1.807, 2.05) is 0 Å². The van der Waals surface area contributed by atoms with Crippen LogP contribution in [0.1, 0.15) is 12.8 Å². The number of phenols is 1. The highest BCUT2D eigenvalue weighted by Gasteiger charge is 2.10. The molecule has 0 unspecified atom stereocenters. The quantitative estimate of drug-likeness (QED) is 0.137. The highest BCUT2D eigenvalue weighted by Crippen LogP contribution is 2.29. The van der Waals surface area contributed by atoms with Crippen molar-refractivity contribution in [1.82, 2.24) is 0 Å². The summed E-state index contributed by atoms with van der Waals surface area (Å²) in [4.78, 5) is 19.7. The Balaban J connectivity index is 0.000000520. The molecule has 0 aliphatic heterocycles. The van der Waals surface area contributed by atoms with E-state index in [2.05, 4.69) is 47.8 Å². The van der Waals surface area contributed by atoms with E-state index in [1.54, 1.807) is 20.3 Å². The van der Waals surface area contributed by atoms with E-state index in [9.17, 15) is 20.2 Å². The lowest BCUT2D eigenvalue weighted by molar-refractivity contribution is -0.385. The molecule has 2 rings (SSSR count). The number of aromatic hydroxyl groups is 1. The number of nitro groups is 2. The minimum Gasteiger partial charge on any atom is -0.507 e. The van der Waals surface area contributed by atoms with Gasteiger partial charge in [0.1, 0.15) is 11.5 Å². The highest BCUT2D eigenvalue weighted by atomic mass is 79.9. The smallest absolute Gasteiger partial charge is 0.273 e. The van der Waals surface area contributed by atoms with Crippen molar-refractivity contribution in [3.05, 3.63) is 65.6 Å². The van der Waals surface area contributed by atoms with Crippen LogP contribution in [-0.4, -0.2) is 54.3 Å². The fourth-order valence-electron chi connectivity index (χ4n) is 1.92. The van der Waals surface area contributed by atoms with Crippen LogP contribution >= 0.6 is 47.8 Å². The van der Waals surface area contributed by atoms with Crippen molar-refractivity contribution >= 4 is 59.2 Å². The van der Waals surface area contributed by atoms with E-state index in [1.165, 1.54) is 24.3 Å². The molecule has 0 saturated heterocycles. The second-order valence-electron chi connectivity index (χ2n) is 5.99. The van der Waals surface area contributed by atoms with Gasteiger partial charge in [-0.15, -0.1) is 0 Å². The zero-order chi connectivity index (χ0) is 25.2. The summed E-state index contributed by atoms with van der Waals surface area (Å²) in [7, 11) is 3.33. The zero-order valence-electron chi connectivity index (χ0n) is 18.0. The van der Waals surface area contributed by atoms with Gasteiger partial charge in [0.05, 0.1) is 37.5 Å². The van der Waals surface area contributed by atoms with E-state index in [0.29, 0.717) is 27.9 Å². The molecule has 0 heterocycles. The van der Waals surface area contributed by atoms with Crippen molar-refractivity contribution in [2.45, 2.75) is 12.8 Å². The molecule has 0 spiro atoms. The van der Waals surface area contributed by atoms with Gasteiger partial charge in [-0.1, -0.05) is 15.9 Å². The van der Waals surface area contributed by atoms with Crippen LogP contribution in [0.25, 0.3) is 0 Å². The molecular formula is C20H25Br3N2O8. The Kier molecular flexibility index (Phi) is 17.6. The number of benzene rings is 2. The minimum atomic E-state index is -0.563. The van der Waals surface area contributed by atoms with Crippen molar-refractivity contribution in [1.29, 1.82) is 0 Å². The Morgan fingerprint density at radius 3 is 1.82 bits per heavy atom. The second kappa shape index (κ2) is 18.6. The number of rotatable bonds is 10. The van der Waals surface area contributed by atoms with Crippen molar-refractivity contribution in [2.24, 2.45) is 0 Å². The Labute approximate surface area is 216 Å². The zero-order valence-corrected chi connectivity index (χ0v) is 22.8. The molecule has 0 radical (unpaired) electrons. The number of halogens is 3. The van der Waals surface area contributed by atoms with E-state index in [-0.39, 0.29) is 17.1 Å². The van der Waals surface area contributed by atoms with Gasteiger partial charge >= 0.3 is 0 Å². The third-order valence-corrected chi connectivity index (χ3v) is 5.39. The summed E-state index contributed by atoms with van der Waals surface area (Å²) in [5.41, 5.74) is -0.101. The number of methoxy groups -OCH3 is 2. The Morgan fingerprint density at radius 2 is 1.36 bits per heavy atom. The molecule has 1 N–H and O–H groups in total. The lowest BCUT2D eigenvalue weighted by Crippen LogP contribution is -2.02. The third kappa shape index (κ3) is 14.1. The maximum atomic E-state index is 10.6. The van der Waals surface area contributed by atoms with Crippen LogP contribution in [0.5, 0.6) is 11.5 Å². The number of non-ortho nitro benzene ring substituents is 2. The van der Waals surface area contributed by atoms with Crippen LogP contribution < -0.4 is 4.74 Å². The van der Waals surface area contributed by atoms with E-state index in [4.69, 9.17) is 19.3 Å². The van der Waals surface area contributed by atoms with Crippen molar-refractivity contribution in [3.63, 3.8) is 0 Å². The van der Waals surface area contributed by atoms with E-state index >= 15 is 0 Å². The maximum absolute atomic E-state index is 10.6. The normalized spacial score (nSPS) is 9.73. The Morgan fingerprint density at radius 1 is 0.848 bits per heavy atom. The van der Waals surface area contributed by atoms with E-state index in [0.717, 1.165) is 30.8 Å². The third-order valence-electron chi connectivity index (χ3n) is 3.50. The predicted octanol–water partition coefficient (Wildman–Crippen LogP) is 6.25. The first kappa shape index (κ1) is 31.2. The first-order valence-corrected chi connectivity index (χ1v) is 12.1. The lowest BCUT2D eigenvalue weighted by atomic mass is 10.3. The second-order valence-corrected chi connectivity index (χ2v) is 8.50. The molecule has 10 nitrogen and oxygen atoms in total. The van der Waals surface area contributed by atoms with Crippen molar-refractivity contribution in [2.75, 3.05) is 39.4 Å². The average Bonchev–Trinajstić information content (AvgIpc) is 2.78. The minimum absolute atomic E-state index is 0.0185. The first-order chi connectivity index (χ1) is 15.7. The van der Waals surface area contributed by atoms with Gasteiger partial charge in [0.25, 0.3) is 11.4 Å². The molecule has 33 heavy (non-hydrogen) atoms. The summed E-state index contributed by atoms with van der Waals surface area (Å²) < 4.78 is 16.2. The van der Waals surface area contributed by atoms with Crippen molar-refractivity contribution < 1.29 is 29.2 Å². The van der Waals surface area contributed by atoms with Gasteiger partial charge in [-0.2, -0.15) is 0 Å². The average molecular weight is 661 g/mol. The molecule has 2 aromatic carbocycles. The van der Waals surface area contributed by atoms with Gasteiger partial charge in [-0.3, -0.25) is 20.2 Å². The fourth-order valence-corrected chi connectivity index (χ4v) is 2.75. The molecule has 0 amide bonds. The summed E-state index contributed by atoms with van der Waals surface area (Å²) in [6, 6.07) is 8.24. The van der Waals surface area contributed by atoms with Gasteiger partial charge in [-0.25, -0.2) is 0 Å². The summed E-state index contributed by atoms with van der Waals surface area (Å²) >= 11 is 9.55. The maximum Gasteiger partial charge on any atom is 0.273 e. The molecule has 184 valence electrons. The molecule has 0 saturated carbocycles. The van der Waals surface area contributed by atoms with Crippen LogP contribution in [0.2, 0.25) is 0 Å². The predicted molar refractivity (Wildman–Crippen MR) is 136 cm³/mol. The summed E-state index contributed by atoms with van der Waals surface area (Å²) in [5, 5.41) is 30.7. The van der Waals surface area contributed by atoms with Gasteiger partial charge < -0.3 is 19.3 Å². The van der Waals surface area contributed by atoms with Crippen LogP contribution in [0.3, 0.4) is 0 Å². The number of phenolic OH excluding ortho intramolecular Hbond substituents is 1. The van der Waals surface area contributed by atoms with Crippen LogP contribution in [0, 0.1) is 20.2 Å². The number of hydrogen-bond acceptors (Lipinski definition) is 8. The molecule has 0 bridgehead atoms. The molecule has 0 fully saturated rings. The van der Waals surface area contributed by atoms with Gasteiger partial charge in [0, 0.05) is 51.3 Å². The number of alkyl halides is 1. The van der Waals surface area contributed by atoms with Gasteiger partial charge in [0.15, 0.2) is 0 Å². The number of hydrogen-bond donors (Lipinski definition) is 1. The number of ether oxygens (including phenoxy) is 3. The lowest BCUT2D eigenvalue weighted by Gasteiger charge is -2.07. The number of nitro benzene ring substituents is 2. The molecular weight excluding hydrogens is 636 g/mol. The number of nitrogens with zero attached hydrogens (tertiary/aromatic N) is 2. The van der Waals surface area contributed by atoms with Crippen LogP contribution in [0.4, 0.5) is 11.4 Å². The first-order valence-electron chi connectivity index (χ1n) is 9.41. The van der Waals surface area contributed by atoms with Gasteiger partial charge in [-0.05, 0) is 50.4 Å². The molecule has 2 aromatic rings. The molecule has 0 aliphatic rings. The van der Waals surface area contributed by atoms with E-state index < -0.39 is 9.85 Å².